The van der Waals surface area contributed by atoms with Crippen molar-refractivity contribution < 1.29 is 14.7 Å². The molecule has 1 amide bonds. The zero-order valence-corrected chi connectivity index (χ0v) is 10.7. The SMILES string of the molecule is O=C(O)C1CCC(C(=O)NCCc2cccnc2)C1. The van der Waals surface area contributed by atoms with Gasteiger partial charge in [0.1, 0.15) is 0 Å². The van der Waals surface area contributed by atoms with Crippen LogP contribution in [0.3, 0.4) is 0 Å². The summed E-state index contributed by atoms with van der Waals surface area (Å²) in [4.78, 5) is 26.7. The third-order valence-corrected chi connectivity index (χ3v) is 3.59. The molecule has 19 heavy (non-hydrogen) atoms. The Kier molecular flexibility index (Phi) is 4.49. The molecule has 1 aliphatic rings. The summed E-state index contributed by atoms with van der Waals surface area (Å²) in [6, 6.07) is 3.83. The Morgan fingerprint density at radius 2 is 2.16 bits per heavy atom. The van der Waals surface area contributed by atoms with Gasteiger partial charge in [-0.2, -0.15) is 0 Å². The smallest absolute Gasteiger partial charge is 0.306 e. The van der Waals surface area contributed by atoms with E-state index in [0.717, 1.165) is 12.0 Å². The van der Waals surface area contributed by atoms with Gasteiger partial charge in [0.25, 0.3) is 0 Å². The van der Waals surface area contributed by atoms with Crippen LogP contribution in [0.15, 0.2) is 24.5 Å². The first-order valence-corrected chi connectivity index (χ1v) is 6.56. The van der Waals surface area contributed by atoms with Crippen LogP contribution in [0.2, 0.25) is 0 Å². The average molecular weight is 262 g/mol. The number of carbonyl (C=O) groups excluding carboxylic acids is 1. The number of aliphatic carboxylic acids is 1. The third kappa shape index (κ3) is 3.77. The number of carbonyl (C=O) groups is 2. The van der Waals surface area contributed by atoms with Gasteiger partial charge in [0, 0.05) is 24.9 Å². The van der Waals surface area contributed by atoms with Gasteiger partial charge < -0.3 is 10.4 Å². The fourth-order valence-corrected chi connectivity index (χ4v) is 2.46. The van der Waals surface area contributed by atoms with Crippen molar-refractivity contribution in [1.29, 1.82) is 0 Å². The Balaban J connectivity index is 1.72. The molecule has 0 bridgehead atoms. The second-order valence-corrected chi connectivity index (χ2v) is 4.95. The van der Waals surface area contributed by atoms with Crippen LogP contribution in [0.5, 0.6) is 0 Å². The van der Waals surface area contributed by atoms with Crippen molar-refractivity contribution in [2.75, 3.05) is 6.54 Å². The van der Waals surface area contributed by atoms with E-state index in [0.29, 0.717) is 25.8 Å². The van der Waals surface area contributed by atoms with E-state index in [2.05, 4.69) is 10.3 Å². The molecule has 5 heteroatoms. The van der Waals surface area contributed by atoms with Crippen molar-refractivity contribution in [2.45, 2.75) is 25.7 Å². The first kappa shape index (κ1) is 13.5. The highest BCUT2D eigenvalue weighted by atomic mass is 16.4. The Bertz CT molecular complexity index is 447. The van der Waals surface area contributed by atoms with E-state index in [1.807, 2.05) is 12.1 Å². The van der Waals surface area contributed by atoms with E-state index in [4.69, 9.17) is 5.11 Å². The quantitative estimate of drug-likeness (QED) is 0.836. The molecule has 1 fully saturated rings. The van der Waals surface area contributed by atoms with E-state index in [-0.39, 0.29) is 17.7 Å². The van der Waals surface area contributed by atoms with Gasteiger partial charge >= 0.3 is 5.97 Å². The predicted octanol–water partition coefficient (Wildman–Crippen LogP) is 1.24. The van der Waals surface area contributed by atoms with Gasteiger partial charge in [-0.15, -0.1) is 0 Å². The molecule has 0 saturated heterocycles. The molecule has 0 aliphatic heterocycles. The number of amides is 1. The van der Waals surface area contributed by atoms with Crippen molar-refractivity contribution in [3.05, 3.63) is 30.1 Å². The molecule has 1 saturated carbocycles. The molecule has 5 nitrogen and oxygen atoms in total. The number of hydrogen-bond acceptors (Lipinski definition) is 3. The maximum absolute atomic E-state index is 11.9. The van der Waals surface area contributed by atoms with Gasteiger partial charge in [0.2, 0.25) is 5.91 Å². The lowest BCUT2D eigenvalue weighted by Crippen LogP contribution is -2.31. The fraction of sp³-hybridized carbons (Fsp3) is 0.500. The lowest BCUT2D eigenvalue weighted by atomic mass is 10.0. The van der Waals surface area contributed by atoms with Gasteiger partial charge in [-0.05, 0) is 37.3 Å². The van der Waals surface area contributed by atoms with Crippen LogP contribution in [-0.2, 0) is 16.0 Å². The normalized spacial score (nSPS) is 22.1. The molecule has 0 spiro atoms. The van der Waals surface area contributed by atoms with Crippen molar-refractivity contribution in [1.82, 2.24) is 10.3 Å². The highest BCUT2D eigenvalue weighted by Crippen LogP contribution is 2.30. The van der Waals surface area contributed by atoms with Gasteiger partial charge in [-0.25, -0.2) is 0 Å². The van der Waals surface area contributed by atoms with Crippen molar-refractivity contribution in [3.8, 4) is 0 Å². The van der Waals surface area contributed by atoms with Gasteiger partial charge in [-0.3, -0.25) is 14.6 Å². The summed E-state index contributed by atoms with van der Waals surface area (Å²) >= 11 is 0. The Labute approximate surface area is 112 Å². The number of aromatic nitrogens is 1. The first-order chi connectivity index (χ1) is 9.16. The number of nitrogens with zero attached hydrogens (tertiary/aromatic N) is 1. The van der Waals surface area contributed by atoms with E-state index in [1.54, 1.807) is 12.4 Å². The van der Waals surface area contributed by atoms with Crippen molar-refractivity contribution in [3.63, 3.8) is 0 Å². The summed E-state index contributed by atoms with van der Waals surface area (Å²) in [5.74, 6) is -1.30. The molecule has 2 atom stereocenters. The van der Waals surface area contributed by atoms with Gasteiger partial charge in [0.15, 0.2) is 0 Å². The number of hydrogen-bond donors (Lipinski definition) is 2. The standard InChI is InChI=1S/C14H18N2O3/c17-13(11-3-4-12(8-11)14(18)19)16-7-5-10-2-1-6-15-9-10/h1-2,6,9,11-12H,3-5,7-8H2,(H,16,17)(H,18,19). The highest BCUT2D eigenvalue weighted by Gasteiger charge is 2.33. The zero-order valence-electron chi connectivity index (χ0n) is 10.7. The van der Waals surface area contributed by atoms with Crippen LogP contribution in [0.4, 0.5) is 0 Å². The lowest BCUT2D eigenvalue weighted by molar-refractivity contribution is -0.141. The molecule has 0 aromatic carbocycles. The van der Waals surface area contributed by atoms with E-state index in [9.17, 15) is 9.59 Å². The molecule has 102 valence electrons. The van der Waals surface area contributed by atoms with E-state index >= 15 is 0 Å². The fourth-order valence-electron chi connectivity index (χ4n) is 2.46. The number of carboxylic acids is 1. The second-order valence-electron chi connectivity index (χ2n) is 4.95. The van der Waals surface area contributed by atoms with Gasteiger partial charge in [0.05, 0.1) is 5.92 Å². The minimum Gasteiger partial charge on any atom is -0.481 e. The minimum absolute atomic E-state index is 0.0207. The zero-order chi connectivity index (χ0) is 13.7. The Hall–Kier alpha value is -1.91. The summed E-state index contributed by atoms with van der Waals surface area (Å²) in [6.45, 7) is 0.568. The number of nitrogens with one attached hydrogen (secondary N) is 1. The number of pyridine rings is 1. The summed E-state index contributed by atoms with van der Waals surface area (Å²) in [5, 5.41) is 11.8. The maximum atomic E-state index is 11.9. The Morgan fingerprint density at radius 1 is 1.37 bits per heavy atom. The summed E-state index contributed by atoms with van der Waals surface area (Å²) < 4.78 is 0. The summed E-state index contributed by atoms with van der Waals surface area (Å²) in [7, 11) is 0. The topological polar surface area (TPSA) is 79.3 Å². The summed E-state index contributed by atoms with van der Waals surface area (Å²) in [5.41, 5.74) is 1.08. The molecular formula is C14H18N2O3. The van der Waals surface area contributed by atoms with E-state index in [1.165, 1.54) is 0 Å². The highest BCUT2D eigenvalue weighted by molar-refractivity contribution is 5.80. The number of rotatable bonds is 5. The molecule has 1 aromatic rings. The number of carboxylic acid groups (broad SMARTS) is 1. The van der Waals surface area contributed by atoms with Gasteiger partial charge in [-0.1, -0.05) is 6.07 Å². The van der Waals surface area contributed by atoms with Crippen LogP contribution in [0.1, 0.15) is 24.8 Å². The largest absolute Gasteiger partial charge is 0.481 e. The van der Waals surface area contributed by atoms with Crippen LogP contribution in [0.25, 0.3) is 0 Å². The predicted molar refractivity (Wildman–Crippen MR) is 69.4 cm³/mol. The maximum Gasteiger partial charge on any atom is 0.306 e. The second kappa shape index (κ2) is 6.31. The van der Waals surface area contributed by atoms with Crippen LogP contribution < -0.4 is 5.32 Å². The van der Waals surface area contributed by atoms with Crippen molar-refractivity contribution >= 4 is 11.9 Å². The molecule has 0 radical (unpaired) electrons. The minimum atomic E-state index is -0.786. The monoisotopic (exact) mass is 262 g/mol. The first-order valence-electron chi connectivity index (χ1n) is 6.56. The molecular weight excluding hydrogens is 244 g/mol. The summed E-state index contributed by atoms with van der Waals surface area (Å²) in [6.07, 6.45) is 5.99. The van der Waals surface area contributed by atoms with Crippen LogP contribution in [-0.4, -0.2) is 28.5 Å². The third-order valence-electron chi connectivity index (χ3n) is 3.59. The molecule has 1 heterocycles. The lowest BCUT2D eigenvalue weighted by Gasteiger charge is -2.10. The van der Waals surface area contributed by atoms with Crippen LogP contribution in [0, 0.1) is 11.8 Å². The van der Waals surface area contributed by atoms with Crippen LogP contribution >= 0.6 is 0 Å². The van der Waals surface area contributed by atoms with E-state index < -0.39 is 5.97 Å². The molecule has 1 aromatic heterocycles. The Morgan fingerprint density at radius 3 is 2.79 bits per heavy atom. The molecule has 2 rings (SSSR count). The average Bonchev–Trinajstić information content (AvgIpc) is 2.89. The molecule has 1 aliphatic carbocycles. The molecule has 2 unspecified atom stereocenters. The van der Waals surface area contributed by atoms with Crippen molar-refractivity contribution in [2.24, 2.45) is 11.8 Å². The molecule has 2 N–H and O–H groups in total.